The maximum atomic E-state index is 5.79. The Balaban J connectivity index is 1.91. The van der Waals surface area contributed by atoms with E-state index < -0.39 is 0 Å². The predicted molar refractivity (Wildman–Crippen MR) is 70.3 cm³/mol. The van der Waals surface area contributed by atoms with E-state index >= 15 is 0 Å². The molecule has 1 aliphatic heterocycles. The molecule has 5 nitrogen and oxygen atoms in total. The lowest BCUT2D eigenvalue weighted by molar-refractivity contribution is 0.415. The van der Waals surface area contributed by atoms with Crippen molar-refractivity contribution in [2.75, 3.05) is 38.2 Å². The summed E-state index contributed by atoms with van der Waals surface area (Å²) in [6.07, 6.45) is 1.11. The Morgan fingerprint density at radius 1 is 1.33 bits per heavy atom. The smallest absolute Gasteiger partial charge is 0.298 e. The molecule has 1 fully saturated rings. The van der Waals surface area contributed by atoms with Gasteiger partial charge in [0.2, 0.25) is 0 Å². The van der Waals surface area contributed by atoms with Crippen molar-refractivity contribution in [3.63, 3.8) is 0 Å². The Labute approximate surface area is 106 Å². The standard InChI is InChI=1S/C13H17N3O2/c1-17-10-3-4-12-11(9-10)15-13(18-12)16-7-2-5-14-6-8-16/h3-4,9,14H,2,5-8H2,1H3. The monoisotopic (exact) mass is 247 g/mol. The third-order valence-electron chi connectivity index (χ3n) is 3.19. The van der Waals surface area contributed by atoms with Gasteiger partial charge in [-0.2, -0.15) is 4.98 Å². The van der Waals surface area contributed by atoms with Gasteiger partial charge in [0.1, 0.15) is 11.3 Å². The molecule has 0 unspecified atom stereocenters. The highest BCUT2D eigenvalue weighted by atomic mass is 16.5. The van der Waals surface area contributed by atoms with Crippen molar-refractivity contribution in [2.24, 2.45) is 0 Å². The van der Waals surface area contributed by atoms with Gasteiger partial charge in [-0.25, -0.2) is 0 Å². The SMILES string of the molecule is COc1ccc2oc(N3CCCNCC3)nc2c1. The maximum absolute atomic E-state index is 5.79. The average Bonchev–Trinajstić information content (AvgIpc) is 2.63. The molecule has 0 radical (unpaired) electrons. The Morgan fingerprint density at radius 3 is 3.17 bits per heavy atom. The van der Waals surface area contributed by atoms with Crippen LogP contribution in [0.5, 0.6) is 5.75 Å². The molecule has 1 aliphatic rings. The van der Waals surface area contributed by atoms with Crippen molar-refractivity contribution in [3.8, 4) is 5.75 Å². The molecule has 0 aliphatic carbocycles. The fourth-order valence-corrected chi connectivity index (χ4v) is 2.19. The first kappa shape index (κ1) is 11.3. The quantitative estimate of drug-likeness (QED) is 0.874. The Kier molecular flexibility index (Phi) is 3.06. The fourth-order valence-electron chi connectivity index (χ4n) is 2.19. The lowest BCUT2D eigenvalue weighted by Crippen LogP contribution is -2.27. The fraction of sp³-hybridized carbons (Fsp3) is 0.462. The molecule has 0 spiro atoms. The third-order valence-corrected chi connectivity index (χ3v) is 3.19. The highest BCUT2D eigenvalue weighted by Crippen LogP contribution is 2.25. The molecule has 1 aromatic heterocycles. The summed E-state index contributed by atoms with van der Waals surface area (Å²) in [5.74, 6) is 0.805. The van der Waals surface area contributed by atoms with E-state index in [2.05, 4.69) is 15.2 Å². The topological polar surface area (TPSA) is 50.5 Å². The Hall–Kier alpha value is -1.75. The molecule has 2 aromatic rings. The van der Waals surface area contributed by atoms with Crippen molar-refractivity contribution in [1.29, 1.82) is 0 Å². The normalized spacial score (nSPS) is 16.8. The van der Waals surface area contributed by atoms with Crippen LogP contribution in [0.2, 0.25) is 0 Å². The summed E-state index contributed by atoms with van der Waals surface area (Å²) in [6, 6.07) is 6.41. The summed E-state index contributed by atoms with van der Waals surface area (Å²) in [6.45, 7) is 3.95. The highest BCUT2D eigenvalue weighted by molar-refractivity contribution is 5.76. The number of rotatable bonds is 2. The van der Waals surface area contributed by atoms with Gasteiger partial charge >= 0.3 is 0 Å². The minimum atomic E-state index is 0.710. The van der Waals surface area contributed by atoms with Crippen molar-refractivity contribution < 1.29 is 9.15 Å². The summed E-state index contributed by atoms with van der Waals surface area (Å²) in [5.41, 5.74) is 1.66. The molecular weight excluding hydrogens is 230 g/mol. The molecule has 1 N–H and O–H groups in total. The average molecular weight is 247 g/mol. The van der Waals surface area contributed by atoms with Gasteiger partial charge in [-0.1, -0.05) is 0 Å². The maximum Gasteiger partial charge on any atom is 0.298 e. The van der Waals surface area contributed by atoms with E-state index in [0.717, 1.165) is 49.4 Å². The molecule has 0 amide bonds. The number of fused-ring (bicyclic) bond motifs is 1. The summed E-state index contributed by atoms with van der Waals surface area (Å²) in [4.78, 5) is 6.73. The molecule has 0 bridgehead atoms. The van der Waals surface area contributed by atoms with E-state index in [0.29, 0.717) is 6.01 Å². The first-order valence-corrected chi connectivity index (χ1v) is 6.27. The van der Waals surface area contributed by atoms with Gasteiger partial charge in [-0.05, 0) is 25.1 Å². The molecule has 3 rings (SSSR count). The van der Waals surface area contributed by atoms with Gasteiger partial charge in [-0.3, -0.25) is 0 Å². The van der Waals surface area contributed by atoms with Crippen LogP contribution in [0.1, 0.15) is 6.42 Å². The molecule has 18 heavy (non-hydrogen) atoms. The summed E-state index contributed by atoms with van der Waals surface area (Å²) < 4.78 is 11.0. The van der Waals surface area contributed by atoms with E-state index in [1.807, 2.05) is 18.2 Å². The van der Waals surface area contributed by atoms with Gasteiger partial charge < -0.3 is 19.4 Å². The zero-order valence-electron chi connectivity index (χ0n) is 10.5. The van der Waals surface area contributed by atoms with Crippen LogP contribution in [0, 0.1) is 0 Å². The largest absolute Gasteiger partial charge is 0.497 e. The highest BCUT2D eigenvalue weighted by Gasteiger charge is 2.15. The van der Waals surface area contributed by atoms with Crippen LogP contribution in [0.15, 0.2) is 22.6 Å². The number of oxazole rings is 1. The van der Waals surface area contributed by atoms with Crippen molar-refractivity contribution in [3.05, 3.63) is 18.2 Å². The zero-order chi connectivity index (χ0) is 12.4. The second-order valence-electron chi connectivity index (χ2n) is 4.42. The molecule has 1 saturated heterocycles. The second-order valence-corrected chi connectivity index (χ2v) is 4.42. The van der Waals surface area contributed by atoms with Crippen LogP contribution < -0.4 is 15.0 Å². The first-order chi connectivity index (χ1) is 8.86. The number of nitrogens with zero attached hydrogens (tertiary/aromatic N) is 2. The lowest BCUT2D eigenvalue weighted by Gasteiger charge is -2.16. The summed E-state index contributed by atoms with van der Waals surface area (Å²) in [7, 11) is 1.66. The minimum absolute atomic E-state index is 0.710. The number of ether oxygens (including phenoxy) is 1. The van der Waals surface area contributed by atoms with Crippen LogP contribution in [0.4, 0.5) is 6.01 Å². The number of aromatic nitrogens is 1. The lowest BCUT2D eigenvalue weighted by atomic mass is 10.3. The first-order valence-electron chi connectivity index (χ1n) is 6.27. The van der Waals surface area contributed by atoms with Crippen molar-refractivity contribution >= 4 is 17.1 Å². The van der Waals surface area contributed by atoms with Gasteiger partial charge in [0.25, 0.3) is 6.01 Å². The number of nitrogens with one attached hydrogen (secondary N) is 1. The number of hydrogen-bond acceptors (Lipinski definition) is 5. The molecule has 0 saturated carbocycles. The van der Waals surface area contributed by atoms with Gasteiger partial charge in [0.05, 0.1) is 7.11 Å². The zero-order valence-corrected chi connectivity index (χ0v) is 10.5. The Bertz CT molecular complexity index is 530. The van der Waals surface area contributed by atoms with Crippen LogP contribution >= 0.6 is 0 Å². The van der Waals surface area contributed by atoms with Gasteiger partial charge in [-0.15, -0.1) is 0 Å². The van der Waals surface area contributed by atoms with Crippen LogP contribution in [-0.4, -0.2) is 38.3 Å². The van der Waals surface area contributed by atoms with Crippen LogP contribution in [0.3, 0.4) is 0 Å². The van der Waals surface area contributed by atoms with Crippen LogP contribution in [-0.2, 0) is 0 Å². The molecule has 96 valence electrons. The summed E-state index contributed by atoms with van der Waals surface area (Å²) in [5, 5.41) is 3.37. The van der Waals surface area contributed by atoms with E-state index in [-0.39, 0.29) is 0 Å². The number of benzene rings is 1. The van der Waals surface area contributed by atoms with E-state index in [1.54, 1.807) is 7.11 Å². The van der Waals surface area contributed by atoms with Gasteiger partial charge in [0.15, 0.2) is 5.58 Å². The Morgan fingerprint density at radius 2 is 2.28 bits per heavy atom. The van der Waals surface area contributed by atoms with E-state index in [4.69, 9.17) is 9.15 Å². The third kappa shape index (κ3) is 2.13. The summed E-state index contributed by atoms with van der Waals surface area (Å²) >= 11 is 0. The molecule has 5 heteroatoms. The molecule has 1 aromatic carbocycles. The van der Waals surface area contributed by atoms with E-state index in [9.17, 15) is 0 Å². The van der Waals surface area contributed by atoms with Crippen LogP contribution in [0.25, 0.3) is 11.1 Å². The molecule has 2 heterocycles. The van der Waals surface area contributed by atoms with Gasteiger partial charge in [0, 0.05) is 25.7 Å². The number of methoxy groups -OCH3 is 1. The van der Waals surface area contributed by atoms with Crippen molar-refractivity contribution in [2.45, 2.75) is 6.42 Å². The van der Waals surface area contributed by atoms with E-state index in [1.165, 1.54) is 0 Å². The predicted octanol–water partition coefficient (Wildman–Crippen LogP) is 1.64. The minimum Gasteiger partial charge on any atom is -0.497 e. The molecule has 0 atom stereocenters. The number of hydrogen-bond donors (Lipinski definition) is 1. The van der Waals surface area contributed by atoms with Crippen molar-refractivity contribution in [1.82, 2.24) is 10.3 Å². The second kappa shape index (κ2) is 4.86. The molecular formula is C13H17N3O2. The number of anilines is 1.